The van der Waals surface area contributed by atoms with Gasteiger partial charge < -0.3 is 9.97 Å². The largest absolute Gasteiger partial charge is 2.00 e. The van der Waals surface area contributed by atoms with Gasteiger partial charge in [-0.1, -0.05) is 89.8 Å². The average Bonchev–Trinajstić information content (AvgIpc) is 3.66. The molecule has 4 nitrogen and oxygen atoms in total. The zero-order chi connectivity index (χ0) is 29.1. The van der Waals surface area contributed by atoms with Crippen LogP contribution in [0.2, 0.25) is 0 Å². The smallest absolute Gasteiger partial charge is 0.658 e. The Kier molecular flexibility index (Phi) is 11.2. The van der Waals surface area contributed by atoms with Crippen LogP contribution in [0.25, 0.3) is 23.5 Å². The molecule has 0 atom stereocenters. The average molecular weight is 596 g/mol. The van der Waals surface area contributed by atoms with E-state index in [2.05, 4.69) is 81.4 Å². The van der Waals surface area contributed by atoms with Crippen LogP contribution in [0.3, 0.4) is 0 Å². The molecule has 0 bridgehead atoms. The molecule has 0 fully saturated rings. The third-order valence-electron chi connectivity index (χ3n) is 8.78. The number of allylic oxidation sites excluding steroid dienone is 4. The first-order valence-electron chi connectivity index (χ1n) is 15.7. The first-order chi connectivity index (χ1) is 19.3. The minimum atomic E-state index is 0. The molecule has 0 saturated carbocycles. The van der Waals surface area contributed by atoms with Crippen LogP contribution in [0.15, 0.2) is 43.7 Å². The minimum absolute atomic E-state index is 0. The van der Waals surface area contributed by atoms with Gasteiger partial charge in [0.05, 0.1) is 11.4 Å². The van der Waals surface area contributed by atoms with Crippen LogP contribution in [0.1, 0.15) is 129 Å². The summed E-state index contributed by atoms with van der Waals surface area (Å²) in [7, 11) is 0. The van der Waals surface area contributed by atoms with Crippen molar-refractivity contribution in [2.45, 2.75) is 121 Å². The Morgan fingerprint density at radius 3 is 1.05 bits per heavy atom. The normalized spacial score (nSPS) is 17.3. The summed E-state index contributed by atoms with van der Waals surface area (Å²) in [5.41, 5.74) is 19.6. The molecule has 0 spiro atoms. The maximum atomic E-state index is 5.34. The molecule has 0 N–H and O–H groups in total. The molecule has 2 aliphatic heterocycles. The molecule has 0 aromatic carbocycles. The van der Waals surface area contributed by atoms with E-state index in [1.807, 2.05) is 0 Å². The molecule has 222 valence electrons. The second-order valence-corrected chi connectivity index (χ2v) is 10.8. The summed E-state index contributed by atoms with van der Waals surface area (Å²) in [4.78, 5) is 20.6. The van der Waals surface area contributed by atoms with E-state index in [4.69, 9.17) is 20.0 Å². The van der Waals surface area contributed by atoms with Crippen molar-refractivity contribution in [2.24, 2.45) is 9.98 Å². The summed E-state index contributed by atoms with van der Waals surface area (Å²) in [5.74, 6) is 0. The maximum Gasteiger partial charge on any atom is 2.00 e. The fourth-order valence-corrected chi connectivity index (χ4v) is 6.89. The molecule has 4 rings (SSSR count). The first kappa shape index (κ1) is 32.9. The molecule has 2 aliphatic rings. The van der Waals surface area contributed by atoms with E-state index in [0.717, 1.165) is 97.0 Å². The van der Waals surface area contributed by atoms with Crippen molar-refractivity contribution in [3.05, 3.63) is 67.3 Å². The van der Waals surface area contributed by atoms with Crippen LogP contribution in [-0.4, -0.2) is 11.4 Å². The van der Waals surface area contributed by atoms with Crippen LogP contribution < -0.4 is 9.97 Å². The Balaban J connectivity index is 0.00000462. The van der Waals surface area contributed by atoms with Crippen molar-refractivity contribution in [3.63, 3.8) is 0 Å². The molecule has 41 heavy (non-hydrogen) atoms. The topological polar surface area (TPSA) is 52.9 Å². The Morgan fingerprint density at radius 2 is 0.780 bits per heavy atom. The Bertz CT molecular complexity index is 1370. The summed E-state index contributed by atoms with van der Waals surface area (Å²) < 4.78 is 0. The number of nitrogens with zero attached hydrogens (tertiary/aromatic N) is 4. The van der Waals surface area contributed by atoms with Crippen LogP contribution >= 0.6 is 0 Å². The predicted molar refractivity (Wildman–Crippen MR) is 173 cm³/mol. The minimum Gasteiger partial charge on any atom is -0.658 e. The van der Waals surface area contributed by atoms with Crippen molar-refractivity contribution in [1.29, 1.82) is 0 Å². The van der Waals surface area contributed by atoms with Gasteiger partial charge in [-0.05, 0) is 87.5 Å². The third kappa shape index (κ3) is 5.85. The molecule has 5 heteroatoms. The maximum absolute atomic E-state index is 5.34. The van der Waals surface area contributed by atoms with Crippen molar-refractivity contribution in [2.75, 3.05) is 0 Å². The molecular weight excluding hydrogens is 547 g/mol. The van der Waals surface area contributed by atoms with Crippen LogP contribution in [0.5, 0.6) is 0 Å². The molecule has 2 aromatic heterocycles. The van der Waals surface area contributed by atoms with Crippen LogP contribution in [0, 0.1) is 0 Å². The van der Waals surface area contributed by atoms with Crippen molar-refractivity contribution in [1.82, 2.24) is 9.97 Å². The third-order valence-corrected chi connectivity index (χ3v) is 8.78. The Morgan fingerprint density at radius 1 is 0.463 bits per heavy atom. The van der Waals surface area contributed by atoms with Gasteiger partial charge in [-0.25, -0.2) is 0 Å². The molecule has 4 heterocycles. The van der Waals surface area contributed by atoms with Gasteiger partial charge in [0.1, 0.15) is 0 Å². The number of aromatic nitrogens is 2. The van der Waals surface area contributed by atoms with Crippen LogP contribution in [-0.2, 0) is 42.2 Å². The zero-order valence-corrected chi connectivity index (χ0v) is 27.9. The van der Waals surface area contributed by atoms with Gasteiger partial charge in [-0.2, -0.15) is 0 Å². The second kappa shape index (κ2) is 14.0. The SMILES string of the molecule is CCC1=C(CC)C(C)=NC1=Cc1[n-]c(-c2[n-]c(C=C3N=C(C)C(CC)=C3CC)c(CC)c2CC)c(CC)c1CC.[Ni+2]. The van der Waals surface area contributed by atoms with E-state index in [1.165, 1.54) is 44.5 Å². The molecular formula is C36H48N4Ni. The van der Waals surface area contributed by atoms with E-state index in [-0.39, 0.29) is 16.5 Å². The number of hydrogen-bond acceptors (Lipinski definition) is 2. The standard InChI is InChI=1S/C36H48N4.Ni/c1-11-23-21(9)37-31(25(23)13-3)19-33-27(15-5)29(17-7)35(39-33)36-30(18-8)28(16-6)34(40-36)20-32-26(14-4)24(12-2)22(10)38-32;/h19-20H,11-18H2,1-10H3;/q-2;+2. The summed E-state index contributed by atoms with van der Waals surface area (Å²) >= 11 is 0. The Hall–Kier alpha value is -2.65. The monoisotopic (exact) mass is 594 g/mol. The quantitative estimate of drug-likeness (QED) is 0.243. The van der Waals surface area contributed by atoms with E-state index >= 15 is 0 Å². The summed E-state index contributed by atoms with van der Waals surface area (Å²) in [5, 5.41) is 0. The Labute approximate surface area is 258 Å². The van der Waals surface area contributed by atoms with E-state index in [1.54, 1.807) is 0 Å². The molecule has 0 radical (unpaired) electrons. The first-order valence-corrected chi connectivity index (χ1v) is 15.7. The van der Waals surface area contributed by atoms with Gasteiger partial charge in [0, 0.05) is 11.4 Å². The number of rotatable bonds is 11. The van der Waals surface area contributed by atoms with Gasteiger partial charge in [0.2, 0.25) is 0 Å². The fourth-order valence-electron chi connectivity index (χ4n) is 6.89. The van der Waals surface area contributed by atoms with Gasteiger partial charge in [-0.3, -0.25) is 9.98 Å². The van der Waals surface area contributed by atoms with E-state index in [9.17, 15) is 0 Å². The number of aliphatic imine (C=N–C) groups is 2. The summed E-state index contributed by atoms with van der Waals surface area (Å²) in [6.07, 6.45) is 12.3. The van der Waals surface area contributed by atoms with E-state index in [0.29, 0.717) is 0 Å². The van der Waals surface area contributed by atoms with Gasteiger partial charge in [-0.15, -0.1) is 22.8 Å². The molecule has 0 saturated heterocycles. The van der Waals surface area contributed by atoms with Gasteiger partial charge in [0.25, 0.3) is 0 Å². The van der Waals surface area contributed by atoms with E-state index < -0.39 is 0 Å². The number of hydrogen-bond donors (Lipinski definition) is 0. The van der Waals surface area contributed by atoms with Crippen molar-refractivity contribution >= 4 is 23.6 Å². The molecule has 2 aromatic rings. The van der Waals surface area contributed by atoms with Crippen molar-refractivity contribution in [3.8, 4) is 11.4 Å². The van der Waals surface area contributed by atoms with Crippen LogP contribution in [0.4, 0.5) is 0 Å². The van der Waals surface area contributed by atoms with Gasteiger partial charge >= 0.3 is 16.5 Å². The van der Waals surface area contributed by atoms with Gasteiger partial charge in [0.15, 0.2) is 0 Å². The second-order valence-electron chi connectivity index (χ2n) is 10.8. The fraction of sp³-hybridized carbons (Fsp3) is 0.500. The summed E-state index contributed by atoms with van der Waals surface area (Å²) in [6, 6.07) is 0. The predicted octanol–water partition coefficient (Wildman–Crippen LogP) is 9.38. The molecule has 0 aliphatic carbocycles. The van der Waals surface area contributed by atoms with Crippen molar-refractivity contribution < 1.29 is 16.5 Å². The molecule has 0 amide bonds. The molecule has 0 unspecified atom stereocenters. The zero-order valence-electron chi connectivity index (χ0n) is 26.9. The summed E-state index contributed by atoms with van der Waals surface area (Å²) in [6.45, 7) is 22.2.